The summed E-state index contributed by atoms with van der Waals surface area (Å²) in [7, 11) is -5.58. The van der Waals surface area contributed by atoms with Gasteiger partial charge in [0, 0.05) is 18.1 Å². The maximum atomic E-state index is 13.2. The second kappa shape index (κ2) is 8.37. The highest BCUT2D eigenvalue weighted by molar-refractivity contribution is 7.92. The number of alkyl halides is 3. The first-order valence-corrected chi connectivity index (χ1v) is 11.5. The van der Waals surface area contributed by atoms with Crippen LogP contribution in [0.3, 0.4) is 0 Å². The summed E-state index contributed by atoms with van der Waals surface area (Å²) in [5.74, 6) is -0.787. The molecule has 8 nitrogen and oxygen atoms in total. The van der Waals surface area contributed by atoms with Crippen LogP contribution in [0, 0.1) is 0 Å². The Labute approximate surface area is 192 Å². The van der Waals surface area contributed by atoms with E-state index in [9.17, 15) is 36.3 Å². The molecule has 178 valence electrons. The Morgan fingerprint density at radius 3 is 2.32 bits per heavy atom. The molecule has 0 bridgehead atoms. The zero-order chi connectivity index (χ0) is 24.8. The predicted octanol–water partition coefficient (Wildman–Crippen LogP) is 3.25. The first kappa shape index (κ1) is 23.6. The van der Waals surface area contributed by atoms with Crippen LogP contribution in [0.25, 0.3) is 10.9 Å². The maximum absolute atomic E-state index is 13.2. The van der Waals surface area contributed by atoms with Crippen molar-refractivity contribution in [2.45, 2.75) is 36.0 Å². The number of urea groups is 1. The van der Waals surface area contributed by atoms with Crippen LogP contribution in [0.2, 0.25) is 0 Å². The second-order valence-electron chi connectivity index (χ2n) is 7.70. The summed E-state index contributed by atoms with van der Waals surface area (Å²) in [6.45, 7) is 1.30. The lowest BCUT2D eigenvalue weighted by atomic mass is 10.1. The molecule has 1 aromatic heterocycles. The van der Waals surface area contributed by atoms with Gasteiger partial charge in [-0.05, 0) is 48.9 Å². The van der Waals surface area contributed by atoms with Gasteiger partial charge in [0.15, 0.2) is 0 Å². The normalized spacial score (nSPS) is 18.1. The summed E-state index contributed by atoms with van der Waals surface area (Å²) in [6, 6.07) is 10.0. The molecule has 4 rings (SSSR count). The number of halogens is 3. The van der Waals surface area contributed by atoms with Crippen molar-refractivity contribution in [2.75, 3.05) is 4.90 Å². The van der Waals surface area contributed by atoms with Crippen LogP contribution in [0.15, 0.2) is 65.7 Å². The zero-order valence-corrected chi connectivity index (χ0v) is 18.4. The number of aliphatic hydroxyl groups excluding tert-OH is 1. The molecule has 3 aromatic rings. The van der Waals surface area contributed by atoms with Crippen LogP contribution in [-0.4, -0.2) is 53.0 Å². The fourth-order valence-electron chi connectivity index (χ4n) is 3.86. The van der Waals surface area contributed by atoms with Gasteiger partial charge >= 0.3 is 11.5 Å². The van der Waals surface area contributed by atoms with Gasteiger partial charge in [0.05, 0.1) is 22.2 Å². The number of carbonyl (C=O) groups is 2. The fraction of sp³-hybridized carbons (Fsp3) is 0.227. The first-order valence-electron chi connectivity index (χ1n) is 10.00. The Morgan fingerprint density at radius 1 is 1.06 bits per heavy atom. The van der Waals surface area contributed by atoms with E-state index in [-0.39, 0.29) is 12.2 Å². The van der Waals surface area contributed by atoms with Gasteiger partial charge in [-0.1, -0.05) is 18.2 Å². The zero-order valence-electron chi connectivity index (χ0n) is 17.6. The summed E-state index contributed by atoms with van der Waals surface area (Å²) < 4.78 is 61.6. The second-order valence-corrected chi connectivity index (χ2v) is 9.64. The number of anilines is 1. The van der Waals surface area contributed by atoms with Crippen LogP contribution >= 0.6 is 0 Å². The molecule has 34 heavy (non-hydrogen) atoms. The molecule has 0 aliphatic carbocycles. The molecule has 1 fully saturated rings. The van der Waals surface area contributed by atoms with Gasteiger partial charge in [0.1, 0.15) is 6.04 Å². The van der Waals surface area contributed by atoms with Crippen molar-refractivity contribution in [3.63, 3.8) is 0 Å². The van der Waals surface area contributed by atoms with Gasteiger partial charge in [-0.15, -0.1) is 0 Å². The molecule has 0 radical (unpaired) electrons. The molecule has 1 aliphatic heterocycles. The van der Waals surface area contributed by atoms with E-state index >= 15 is 0 Å². The van der Waals surface area contributed by atoms with E-state index in [1.54, 1.807) is 36.5 Å². The lowest BCUT2D eigenvalue weighted by molar-refractivity contribution is -0.122. The highest BCUT2D eigenvalue weighted by atomic mass is 32.2. The number of rotatable bonds is 5. The van der Waals surface area contributed by atoms with Crippen molar-refractivity contribution in [3.8, 4) is 0 Å². The third-order valence-corrected chi connectivity index (χ3v) is 7.00. The van der Waals surface area contributed by atoms with Crippen molar-refractivity contribution < 1.29 is 36.3 Å². The van der Waals surface area contributed by atoms with Gasteiger partial charge < -0.3 is 10.0 Å². The molecule has 3 amide bonds. The lowest BCUT2D eigenvalue weighted by Gasteiger charge is -2.24. The van der Waals surface area contributed by atoms with Crippen LogP contribution in [0.5, 0.6) is 0 Å². The van der Waals surface area contributed by atoms with E-state index in [0.717, 1.165) is 22.4 Å². The Hall–Kier alpha value is -3.51. The standard InChI is InChI=1S/C22H18F3N3O5S/c1-13(29)19-20(30)28(15-6-8-16(9-7-15)34(32,33)22(23,24)25)21(31)27(19)12-14-10-11-26-18-5-3-2-4-17(14)18/h2-11,13,19,29H,12H2,1H3. The van der Waals surface area contributed by atoms with E-state index in [1.807, 2.05) is 0 Å². The largest absolute Gasteiger partial charge is 0.501 e. The van der Waals surface area contributed by atoms with E-state index in [1.165, 1.54) is 6.92 Å². The number of fused-ring (bicyclic) bond motifs is 1. The van der Waals surface area contributed by atoms with Crippen LogP contribution in [0.1, 0.15) is 12.5 Å². The predicted molar refractivity (Wildman–Crippen MR) is 115 cm³/mol. The number of hydrogen-bond acceptors (Lipinski definition) is 6. The molecular weight excluding hydrogens is 475 g/mol. The summed E-state index contributed by atoms with van der Waals surface area (Å²) >= 11 is 0. The van der Waals surface area contributed by atoms with Gasteiger partial charge in [0.25, 0.3) is 15.7 Å². The molecule has 0 spiro atoms. The average Bonchev–Trinajstić information content (AvgIpc) is 3.02. The van der Waals surface area contributed by atoms with Crippen LogP contribution < -0.4 is 4.90 Å². The van der Waals surface area contributed by atoms with Crippen molar-refractivity contribution in [2.24, 2.45) is 0 Å². The van der Waals surface area contributed by atoms with Crippen LogP contribution in [-0.2, 0) is 21.2 Å². The molecule has 2 unspecified atom stereocenters. The third-order valence-electron chi connectivity index (χ3n) is 5.49. The minimum absolute atomic E-state index is 0.0415. The quantitative estimate of drug-likeness (QED) is 0.547. The number of imide groups is 1. The Morgan fingerprint density at radius 2 is 1.71 bits per heavy atom. The number of benzene rings is 2. The number of nitrogens with zero attached hydrogens (tertiary/aromatic N) is 3. The Balaban J connectivity index is 1.69. The number of pyridine rings is 1. The number of aromatic nitrogens is 1. The summed E-state index contributed by atoms with van der Waals surface area (Å²) in [5.41, 5.74) is -4.27. The van der Waals surface area contributed by atoms with Gasteiger partial charge in [-0.2, -0.15) is 13.2 Å². The number of para-hydroxylation sites is 1. The van der Waals surface area contributed by atoms with Crippen LogP contribution in [0.4, 0.5) is 23.7 Å². The minimum Gasteiger partial charge on any atom is -0.391 e. The smallest absolute Gasteiger partial charge is 0.391 e. The first-order chi connectivity index (χ1) is 15.9. The topological polar surface area (TPSA) is 108 Å². The minimum atomic E-state index is -5.58. The van der Waals surface area contributed by atoms with Crippen molar-refractivity contribution in [1.29, 1.82) is 0 Å². The lowest BCUT2D eigenvalue weighted by Crippen LogP contribution is -2.42. The SMILES string of the molecule is CC(O)C1C(=O)N(c2ccc(S(=O)(=O)C(F)(F)F)cc2)C(=O)N1Cc1ccnc2ccccc12. The van der Waals surface area contributed by atoms with E-state index < -0.39 is 44.3 Å². The molecule has 0 saturated carbocycles. The molecule has 2 aromatic carbocycles. The number of aliphatic hydroxyl groups is 1. The Kier molecular flexibility index (Phi) is 5.82. The van der Waals surface area contributed by atoms with Gasteiger partial charge in [-0.25, -0.2) is 18.1 Å². The molecular formula is C22H18F3N3O5S. The average molecular weight is 493 g/mol. The molecule has 2 heterocycles. The van der Waals surface area contributed by atoms with Crippen molar-refractivity contribution in [3.05, 3.63) is 66.4 Å². The third kappa shape index (κ3) is 3.88. The maximum Gasteiger partial charge on any atom is 0.501 e. The summed E-state index contributed by atoms with van der Waals surface area (Å²) in [5, 5.41) is 11.0. The van der Waals surface area contributed by atoms with Gasteiger partial charge in [0.2, 0.25) is 0 Å². The number of amides is 3. The Bertz CT molecular complexity index is 1370. The van der Waals surface area contributed by atoms with Gasteiger partial charge in [-0.3, -0.25) is 9.78 Å². The fourth-order valence-corrected chi connectivity index (χ4v) is 4.62. The number of hydrogen-bond donors (Lipinski definition) is 1. The van der Waals surface area contributed by atoms with E-state index in [0.29, 0.717) is 28.1 Å². The summed E-state index contributed by atoms with van der Waals surface area (Å²) in [4.78, 5) is 31.4. The molecule has 1 aliphatic rings. The summed E-state index contributed by atoms with van der Waals surface area (Å²) in [6.07, 6.45) is 0.300. The number of sulfone groups is 1. The highest BCUT2D eigenvalue weighted by Crippen LogP contribution is 2.33. The molecule has 1 N–H and O–H groups in total. The highest BCUT2D eigenvalue weighted by Gasteiger charge is 2.49. The van der Waals surface area contributed by atoms with Crippen molar-refractivity contribution >= 4 is 38.4 Å². The molecule has 2 atom stereocenters. The molecule has 1 saturated heterocycles. The van der Waals surface area contributed by atoms with Crippen molar-refractivity contribution in [1.82, 2.24) is 9.88 Å². The number of carbonyl (C=O) groups excluding carboxylic acids is 2. The van der Waals surface area contributed by atoms with E-state index in [2.05, 4.69) is 4.98 Å². The van der Waals surface area contributed by atoms with E-state index in [4.69, 9.17) is 0 Å². The monoisotopic (exact) mass is 493 g/mol. The molecule has 12 heteroatoms.